The molecular weight excluding hydrogens is 618 g/mol. The Kier molecular flexibility index (Phi) is 16.4. The molecule has 0 bridgehead atoms. The fraction of sp³-hybridized carbons (Fsp3) is 0.387. The molecule has 0 aliphatic rings. The summed E-state index contributed by atoms with van der Waals surface area (Å²) < 4.78 is 0. The molecule has 260 valence electrons. The molecule has 17 nitrogen and oxygen atoms in total. The van der Waals surface area contributed by atoms with Crippen LogP contribution in [0.2, 0.25) is 0 Å². The highest BCUT2D eigenvalue weighted by Gasteiger charge is 2.29. The minimum atomic E-state index is -1.23. The number of hydrogen-bond acceptors (Lipinski definition) is 8. The Hall–Kier alpha value is -5.71. The van der Waals surface area contributed by atoms with Crippen molar-refractivity contribution in [3.05, 3.63) is 71.3 Å². The van der Waals surface area contributed by atoms with Gasteiger partial charge in [0.1, 0.15) is 24.0 Å². The van der Waals surface area contributed by atoms with E-state index < -0.39 is 41.8 Å². The lowest BCUT2D eigenvalue weighted by atomic mass is 10.1. The number of nitrogens with two attached hydrogens (primary N) is 6. The van der Waals surface area contributed by atoms with Gasteiger partial charge in [0, 0.05) is 31.7 Å². The van der Waals surface area contributed by atoms with E-state index in [0.29, 0.717) is 18.4 Å². The molecule has 0 fully saturated rings. The molecule has 0 spiro atoms. The van der Waals surface area contributed by atoms with Gasteiger partial charge in [-0.15, -0.1) is 0 Å². The van der Waals surface area contributed by atoms with Crippen LogP contribution in [0.3, 0.4) is 0 Å². The van der Waals surface area contributed by atoms with Gasteiger partial charge >= 0.3 is 0 Å². The monoisotopic (exact) mass is 665 g/mol. The van der Waals surface area contributed by atoms with E-state index in [9.17, 15) is 19.2 Å². The number of carbonyl (C=O) groups is 4. The summed E-state index contributed by atoms with van der Waals surface area (Å²) in [6, 6.07) is 12.5. The van der Waals surface area contributed by atoms with Gasteiger partial charge in [-0.2, -0.15) is 0 Å². The van der Waals surface area contributed by atoms with Gasteiger partial charge in [0.2, 0.25) is 23.6 Å². The first-order valence-electron chi connectivity index (χ1n) is 15.4. The Morgan fingerprint density at radius 1 is 0.667 bits per heavy atom. The minimum Gasteiger partial charge on any atom is -0.384 e. The Bertz CT molecular complexity index is 1420. The van der Waals surface area contributed by atoms with Crippen molar-refractivity contribution in [2.24, 2.45) is 44.4 Å². The number of carbonyl (C=O) groups excluding carboxylic acids is 4. The quantitative estimate of drug-likeness (QED) is 0.0396. The summed E-state index contributed by atoms with van der Waals surface area (Å²) in [5.74, 6) is -2.53. The number of aliphatic imine (C=N–C) groups is 2. The zero-order valence-electron chi connectivity index (χ0n) is 26.8. The average molecular weight is 666 g/mol. The van der Waals surface area contributed by atoms with Gasteiger partial charge in [0.15, 0.2) is 11.9 Å². The summed E-state index contributed by atoms with van der Waals surface area (Å²) in [7, 11) is 0. The maximum Gasteiger partial charge on any atom is 0.244 e. The topological polar surface area (TPSA) is 321 Å². The zero-order chi connectivity index (χ0) is 35.5. The largest absolute Gasteiger partial charge is 0.384 e. The molecule has 17 N–H and O–H groups in total. The second-order valence-electron chi connectivity index (χ2n) is 10.9. The van der Waals surface area contributed by atoms with Crippen molar-refractivity contribution in [3.8, 4) is 0 Å². The first kappa shape index (κ1) is 38.5. The Morgan fingerprint density at radius 3 is 1.71 bits per heavy atom. The van der Waals surface area contributed by atoms with Gasteiger partial charge in [0.05, 0.1) is 6.42 Å². The van der Waals surface area contributed by atoms with Crippen LogP contribution in [0.1, 0.15) is 42.4 Å². The highest BCUT2D eigenvalue weighted by molar-refractivity contribution is 5.95. The van der Waals surface area contributed by atoms with Gasteiger partial charge in [-0.05, 0) is 36.8 Å². The van der Waals surface area contributed by atoms with E-state index in [2.05, 4.69) is 31.3 Å². The Balaban J connectivity index is 2.12. The molecule has 48 heavy (non-hydrogen) atoms. The molecule has 2 aromatic rings. The highest BCUT2D eigenvalue weighted by Crippen LogP contribution is 2.07. The lowest BCUT2D eigenvalue weighted by molar-refractivity contribution is -0.133. The smallest absolute Gasteiger partial charge is 0.244 e. The highest BCUT2D eigenvalue weighted by atomic mass is 16.2. The van der Waals surface area contributed by atoms with Crippen molar-refractivity contribution in [1.29, 1.82) is 5.41 Å². The third-order valence-corrected chi connectivity index (χ3v) is 6.98. The maximum atomic E-state index is 13.4. The number of rotatable bonds is 20. The molecule has 0 aromatic heterocycles. The van der Waals surface area contributed by atoms with Crippen molar-refractivity contribution in [2.45, 2.75) is 56.8 Å². The van der Waals surface area contributed by atoms with Crippen molar-refractivity contribution in [2.75, 3.05) is 19.6 Å². The van der Waals surface area contributed by atoms with E-state index in [1.165, 1.54) is 0 Å². The predicted octanol–water partition coefficient (Wildman–Crippen LogP) is -2.65. The normalized spacial score (nSPS) is 12.4. The molecule has 4 amide bonds. The number of nitrogen functional groups attached to an aromatic ring is 1. The molecule has 0 aliphatic heterocycles. The number of guanidine groups is 2. The summed E-state index contributed by atoms with van der Waals surface area (Å²) in [6.07, 6.45) is 1.10. The molecule has 0 aliphatic carbocycles. The number of hydrogen-bond donors (Lipinski definition) is 11. The zero-order valence-corrected chi connectivity index (χ0v) is 26.8. The molecular formula is C31H47N13O4. The second kappa shape index (κ2) is 20.4. The van der Waals surface area contributed by atoms with Gasteiger partial charge < -0.3 is 55.7 Å². The molecule has 0 saturated heterocycles. The molecule has 2 aromatic carbocycles. The van der Waals surface area contributed by atoms with Crippen LogP contribution < -0.4 is 55.7 Å². The third-order valence-electron chi connectivity index (χ3n) is 6.98. The maximum absolute atomic E-state index is 13.4. The van der Waals surface area contributed by atoms with Crippen LogP contribution in [0.5, 0.6) is 0 Å². The van der Waals surface area contributed by atoms with Crippen molar-refractivity contribution < 1.29 is 19.2 Å². The second-order valence-corrected chi connectivity index (χ2v) is 10.9. The summed E-state index contributed by atoms with van der Waals surface area (Å²) in [6.45, 7) is 0.286. The average Bonchev–Trinajstić information content (AvgIpc) is 3.05. The van der Waals surface area contributed by atoms with E-state index >= 15 is 0 Å². The van der Waals surface area contributed by atoms with Crippen molar-refractivity contribution >= 4 is 41.4 Å². The van der Waals surface area contributed by atoms with Crippen LogP contribution in [0.15, 0.2) is 64.6 Å². The van der Waals surface area contributed by atoms with E-state index in [-0.39, 0.29) is 63.2 Å². The molecule has 17 heteroatoms. The first-order valence-corrected chi connectivity index (χ1v) is 15.4. The lowest BCUT2D eigenvalue weighted by Crippen LogP contribution is -2.58. The molecule has 0 unspecified atom stereocenters. The number of benzene rings is 2. The van der Waals surface area contributed by atoms with E-state index in [0.717, 1.165) is 11.1 Å². The molecule has 0 heterocycles. The number of nitrogens with zero attached hydrogens (tertiary/aromatic N) is 2. The van der Waals surface area contributed by atoms with Gasteiger partial charge in [-0.1, -0.05) is 54.6 Å². The van der Waals surface area contributed by atoms with E-state index in [1.54, 1.807) is 48.5 Å². The number of nitrogens with one attached hydrogen (secondary N) is 5. The third kappa shape index (κ3) is 14.6. The fourth-order valence-corrected chi connectivity index (χ4v) is 4.46. The SMILES string of the molecule is N=C(N)c1ccc(CNC(=O)[C@H](CCCN=C(N)N)NC(=O)[C@H](CN)NC(=O)[C@H](CCCN=C(N)N)NC(=O)Cc2ccccc2)cc1. The molecule has 2 rings (SSSR count). The summed E-state index contributed by atoms with van der Waals surface area (Å²) in [4.78, 5) is 60.6. The number of amides is 4. The van der Waals surface area contributed by atoms with Crippen LogP contribution in [0, 0.1) is 5.41 Å². The van der Waals surface area contributed by atoms with Gasteiger partial charge in [0.25, 0.3) is 0 Å². The van der Waals surface area contributed by atoms with Crippen molar-refractivity contribution in [1.82, 2.24) is 21.3 Å². The van der Waals surface area contributed by atoms with Crippen LogP contribution in [0.25, 0.3) is 0 Å². The van der Waals surface area contributed by atoms with Crippen LogP contribution in [-0.2, 0) is 32.1 Å². The first-order chi connectivity index (χ1) is 22.9. The number of amidine groups is 1. The summed E-state index contributed by atoms with van der Waals surface area (Å²) in [5, 5.41) is 18.3. The summed E-state index contributed by atoms with van der Waals surface area (Å²) in [5.41, 5.74) is 35.0. The van der Waals surface area contributed by atoms with Crippen molar-refractivity contribution in [3.63, 3.8) is 0 Å². The van der Waals surface area contributed by atoms with Crippen LogP contribution >= 0.6 is 0 Å². The lowest BCUT2D eigenvalue weighted by Gasteiger charge is -2.25. The molecule has 3 atom stereocenters. The fourth-order valence-electron chi connectivity index (χ4n) is 4.46. The van der Waals surface area contributed by atoms with Gasteiger partial charge in [-0.3, -0.25) is 34.6 Å². The molecule has 0 radical (unpaired) electrons. The minimum absolute atomic E-state index is 0.0385. The van der Waals surface area contributed by atoms with Crippen LogP contribution in [0.4, 0.5) is 0 Å². The van der Waals surface area contributed by atoms with Crippen LogP contribution in [-0.4, -0.2) is 79.1 Å². The van der Waals surface area contributed by atoms with Gasteiger partial charge in [-0.25, -0.2) is 0 Å². The Labute approximate surface area is 279 Å². The summed E-state index contributed by atoms with van der Waals surface area (Å²) >= 11 is 0. The van der Waals surface area contributed by atoms with E-state index in [1.807, 2.05) is 6.07 Å². The molecule has 0 saturated carbocycles. The standard InChI is InChI=1S/C31H47N13O4/c32-17-24(44-28(47)23(9-5-15-40-31(37)38)42-25(45)16-19-6-2-1-3-7-19)29(48)43-22(8-4-14-39-30(35)36)27(46)41-18-20-10-12-21(13-11-20)26(33)34/h1-3,6-7,10-13,22-24H,4-5,8-9,14-18,32H2,(H3,33,34)(H,41,46)(H,42,45)(H,43,48)(H,44,47)(H4,35,36,39)(H4,37,38,40)/t22-,23-,24-/m0/s1. The van der Waals surface area contributed by atoms with E-state index in [4.69, 9.17) is 39.8 Å². The Morgan fingerprint density at radius 2 is 1.19 bits per heavy atom. The predicted molar refractivity (Wildman–Crippen MR) is 184 cm³/mol.